The Balaban J connectivity index is 1.63. The second-order valence-electron chi connectivity index (χ2n) is 9.61. The van der Waals surface area contributed by atoms with Gasteiger partial charge >= 0.3 is 5.97 Å². The van der Waals surface area contributed by atoms with Gasteiger partial charge in [-0.1, -0.05) is 97.1 Å². The van der Waals surface area contributed by atoms with Crippen molar-refractivity contribution in [2.75, 3.05) is 7.11 Å². The number of carbonyl (C=O) groups is 2. The van der Waals surface area contributed by atoms with Crippen molar-refractivity contribution in [2.45, 2.75) is 19.4 Å². The maximum absolute atomic E-state index is 13.5. The highest BCUT2D eigenvalue weighted by molar-refractivity contribution is 5.96. The van der Waals surface area contributed by atoms with Crippen LogP contribution in [0.1, 0.15) is 32.6 Å². The quantitative estimate of drug-likeness (QED) is 0.137. The van der Waals surface area contributed by atoms with E-state index in [0.717, 1.165) is 27.8 Å². The molecule has 0 heterocycles. The number of hydrogen-bond acceptors (Lipinski definition) is 4. The molecule has 4 aromatic carbocycles. The average Bonchev–Trinajstić information content (AvgIpc) is 2.98. The van der Waals surface area contributed by atoms with Gasteiger partial charge < -0.3 is 15.8 Å². The molecule has 0 saturated heterocycles. The smallest absolute Gasteiger partial charge is 0.311 e. The van der Waals surface area contributed by atoms with Gasteiger partial charge in [-0.25, -0.2) is 0 Å². The minimum absolute atomic E-state index is 0.0561. The van der Waals surface area contributed by atoms with Crippen molar-refractivity contribution in [3.63, 3.8) is 0 Å². The maximum Gasteiger partial charge on any atom is 0.311 e. The van der Waals surface area contributed by atoms with Crippen molar-refractivity contribution in [1.29, 1.82) is 5.41 Å². The summed E-state index contributed by atoms with van der Waals surface area (Å²) in [6.07, 6.45) is 3.99. The zero-order valence-corrected chi connectivity index (χ0v) is 22.6. The van der Waals surface area contributed by atoms with Gasteiger partial charge in [-0.05, 0) is 59.4 Å². The molecule has 0 fully saturated rings. The van der Waals surface area contributed by atoms with Gasteiger partial charge in [0, 0.05) is 11.1 Å². The van der Waals surface area contributed by atoms with E-state index in [1.54, 1.807) is 30.3 Å². The fourth-order valence-electron chi connectivity index (χ4n) is 4.62. The number of amidine groups is 1. The Kier molecular flexibility index (Phi) is 9.26. The standard InChI is InChI=1S/C34H33N3O3/c1-23-9-6-7-14-29(23)26-16-18-27(19-17-26)33(38)37-31(20-15-24-10-4-3-5-11-24)30(34(39)40-2)22-25-12-8-13-28(21-25)32(35)36/h3-21,30-31H,22H2,1-2H3,(H3,35,36)(H,37,38)/b20-15+. The van der Waals surface area contributed by atoms with E-state index >= 15 is 0 Å². The Morgan fingerprint density at radius 2 is 1.60 bits per heavy atom. The summed E-state index contributed by atoms with van der Waals surface area (Å²) in [5.74, 6) is -1.53. The molecule has 0 aliphatic carbocycles. The maximum atomic E-state index is 13.5. The molecular weight excluding hydrogens is 498 g/mol. The fraction of sp³-hybridized carbons (Fsp3) is 0.147. The van der Waals surface area contributed by atoms with Crippen LogP contribution < -0.4 is 11.1 Å². The predicted octanol–water partition coefficient (Wildman–Crippen LogP) is 5.79. The largest absolute Gasteiger partial charge is 0.469 e. The molecule has 0 bridgehead atoms. The number of rotatable bonds is 10. The van der Waals surface area contributed by atoms with Crippen molar-refractivity contribution in [3.05, 3.63) is 137 Å². The third kappa shape index (κ3) is 7.11. The first kappa shape index (κ1) is 28.0. The molecule has 40 heavy (non-hydrogen) atoms. The third-order valence-corrected chi connectivity index (χ3v) is 6.83. The van der Waals surface area contributed by atoms with Gasteiger partial charge in [-0.3, -0.25) is 15.0 Å². The molecule has 6 nitrogen and oxygen atoms in total. The van der Waals surface area contributed by atoms with Gasteiger partial charge in [0.2, 0.25) is 0 Å². The Bertz CT molecular complexity index is 1510. The Hall–Kier alpha value is -4.97. The van der Waals surface area contributed by atoms with Gasteiger partial charge in [0.1, 0.15) is 5.84 Å². The van der Waals surface area contributed by atoms with E-state index < -0.39 is 17.9 Å². The van der Waals surface area contributed by atoms with E-state index in [1.165, 1.54) is 7.11 Å². The first-order valence-electron chi connectivity index (χ1n) is 13.1. The Labute approximate surface area is 235 Å². The summed E-state index contributed by atoms with van der Waals surface area (Å²) >= 11 is 0. The van der Waals surface area contributed by atoms with E-state index in [1.807, 2.05) is 72.8 Å². The topological polar surface area (TPSA) is 105 Å². The number of hydrogen-bond donors (Lipinski definition) is 3. The van der Waals surface area contributed by atoms with Crippen molar-refractivity contribution in [2.24, 2.45) is 11.7 Å². The number of carbonyl (C=O) groups excluding carboxylic acids is 2. The Morgan fingerprint density at radius 3 is 2.27 bits per heavy atom. The van der Waals surface area contributed by atoms with Crippen LogP contribution in [0.2, 0.25) is 0 Å². The molecule has 0 spiro atoms. The molecule has 0 saturated carbocycles. The minimum atomic E-state index is -0.720. The summed E-state index contributed by atoms with van der Waals surface area (Å²) in [6, 6.07) is 31.7. The fourth-order valence-corrected chi connectivity index (χ4v) is 4.62. The molecule has 6 heteroatoms. The summed E-state index contributed by atoms with van der Waals surface area (Å²) in [4.78, 5) is 26.5. The van der Waals surface area contributed by atoms with Crippen LogP contribution in [-0.2, 0) is 16.0 Å². The molecule has 0 aliphatic heterocycles. The lowest BCUT2D eigenvalue weighted by molar-refractivity contribution is -0.145. The van der Waals surface area contributed by atoms with Gasteiger partial charge in [-0.15, -0.1) is 0 Å². The molecule has 0 aromatic heterocycles. The first-order chi connectivity index (χ1) is 19.4. The van der Waals surface area contributed by atoms with E-state index in [4.69, 9.17) is 15.9 Å². The van der Waals surface area contributed by atoms with Gasteiger partial charge in [0.15, 0.2) is 0 Å². The van der Waals surface area contributed by atoms with Crippen LogP contribution in [0.3, 0.4) is 0 Å². The van der Waals surface area contributed by atoms with Crippen LogP contribution >= 0.6 is 0 Å². The monoisotopic (exact) mass is 531 g/mol. The summed E-state index contributed by atoms with van der Waals surface area (Å²) in [7, 11) is 1.34. The van der Waals surface area contributed by atoms with E-state index in [9.17, 15) is 9.59 Å². The average molecular weight is 532 g/mol. The molecule has 1 amide bonds. The number of esters is 1. The minimum Gasteiger partial charge on any atom is -0.469 e. The molecule has 2 unspecified atom stereocenters. The van der Waals surface area contributed by atoms with E-state index in [0.29, 0.717) is 11.1 Å². The van der Waals surface area contributed by atoms with Crippen LogP contribution in [0.4, 0.5) is 0 Å². The molecule has 4 rings (SSSR count). The van der Waals surface area contributed by atoms with Crippen LogP contribution in [0.5, 0.6) is 0 Å². The highest BCUT2D eigenvalue weighted by Crippen LogP contribution is 2.24. The van der Waals surface area contributed by atoms with Crippen molar-refractivity contribution in [1.82, 2.24) is 5.32 Å². The zero-order chi connectivity index (χ0) is 28.5. The summed E-state index contributed by atoms with van der Waals surface area (Å²) in [5.41, 5.74) is 11.8. The van der Waals surface area contributed by atoms with Crippen LogP contribution in [-0.4, -0.2) is 30.9 Å². The van der Waals surface area contributed by atoms with E-state index in [-0.39, 0.29) is 18.2 Å². The highest BCUT2D eigenvalue weighted by atomic mass is 16.5. The molecule has 4 N–H and O–H groups in total. The van der Waals surface area contributed by atoms with Crippen molar-refractivity contribution >= 4 is 23.8 Å². The lowest BCUT2D eigenvalue weighted by Gasteiger charge is -2.24. The lowest BCUT2D eigenvalue weighted by Crippen LogP contribution is -2.43. The van der Waals surface area contributed by atoms with Gasteiger partial charge in [0.25, 0.3) is 5.91 Å². The predicted molar refractivity (Wildman–Crippen MR) is 160 cm³/mol. The molecule has 0 aliphatic rings. The van der Waals surface area contributed by atoms with E-state index in [2.05, 4.69) is 24.4 Å². The summed E-state index contributed by atoms with van der Waals surface area (Å²) in [5, 5.41) is 10.8. The second kappa shape index (κ2) is 13.2. The zero-order valence-electron chi connectivity index (χ0n) is 22.6. The first-order valence-corrected chi connectivity index (χ1v) is 13.1. The third-order valence-electron chi connectivity index (χ3n) is 6.83. The number of methoxy groups -OCH3 is 1. The Morgan fingerprint density at radius 1 is 0.900 bits per heavy atom. The van der Waals surface area contributed by atoms with Crippen LogP contribution in [0, 0.1) is 18.3 Å². The van der Waals surface area contributed by atoms with Crippen LogP contribution in [0.25, 0.3) is 17.2 Å². The number of benzene rings is 4. The van der Waals surface area contributed by atoms with Crippen molar-refractivity contribution in [3.8, 4) is 11.1 Å². The molecule has 2 atom stereocenters. The highest BCUT2D eigenvalue weighted by Gasteiger charge is 2.30. The summed E-state index contributed by atoms with van der Waals surface area (Å²) < 4.78 is 5.17. The molecule has 202 valence electrons. The van der Waals surface area contributed by atoms with Gasteiger partial charge in [-0.2, -0.15) is 0 Å². The normalized spacial score (nSPS) is 12.4. The second-order valence-corrected chi connectivity index (χ2v) is 9.61. The van der Waals surface area contributed by atoms with Crippen LogP contribution in [0.15, 0.2) is 109 Å². The number of aryl methyl sites for hydroxylation is 1. The number of nitrogens with two attached hydrogens (primary N) is 1. The van der Waals surface area contributed by atoms with Crippen molar-refractivity contribution < 1.29 is 14.3 Å². The SMILES string of the molecule is COC(=O)C(Cc1cccc(C(=N)N)c1)C(/C=C/c1ccccc1)NC(=O)c1ccc(-c2ccccc2C)cc1. The molecular formula is C34H33N3O3. The number of nitrogens with one attached hydrogen (secondary N) is 2. The summed E-state index contributed by atoms with van der Waals surface area (Å²) in [6.45, 7) is 2.05. The number of nitrogen functional groups attached to an aromatic ring is 1. The molecule has 4 aromatic rings. The molecule has 0 radical (unpaired) electrons. The number of amides is 1. The lowest BCUT2D eigenvalue weighted by atomic mass is 9.90. The van der Waals surface area contributed by atoms with Gasteiger partial charge in [0.05, 0.1) is 19.1 Å². The number of ether oxygens (including phenoxy) is 1.